The molecule has 1 aliphatic rings. The lowest BCUT2D eigenvalue weighted by molar-refractivity contribution is -0.108. The quantitative estimate of drug-likeness (QED) is 0.816. The molecule has 4 heteroatoms. The highest BCUT2D eigenvalue weighted by Gasteiger charge is 2.58. The summed E-state index contributed by atoms with van der Waals surface area (Å²) in [4.78, 5) is 11.5. The van der Waals surface area contributed by atoms with Crippen molar-refractivity contribution >= 4 is 16.1 Å². The second-order valence-corrected chi connectivity index (χ2v) is 7.58. The Balaban J connectivity index is 1.96. The predicted molar refractivity (Wildman–Crippen MR) is 80.9 cm³/mol. The van der Waals surface area contributed by atoms with Crippen LogP contribution < -0.4 is 0 Å². The first-order valence-electron chi connectivity index (χ1n) is 6.86. The van der Waals surface area contributed by atoms with E-state index in [1.54, 1.807) is 30.3 Å². The van der Waals surface area contributed by atoms with E-state index in [1.807, 2.05) is 31.2 Å². The van der Waals surface area contributed by atoms with Crippen molar-refractivity contribution in [2.24, 2.45) is 5.92 Å². The number of rotatable bonds is 4. The van der Waals surface area contributed by atoms with E-state index in [0.29, 0.717) is 0 Å². The Morgan fingerprint density at radius 3 is 2.14 bits per heavy atom. The molecule has 2 aromatic carbocycles. The Morgan fingerprint density at radius 2 is 1.57 bits per heavy atom. The van der Waals surface area contributed by atoms with Crippen molar-refractivity contribution in [2.75, 3.05) is 0 Å². The average Bonchev–Trinajstić information content (AvgIpc) is 3.24. The first-order valence-corrected chi connectivity index (χ1v) is 8.41. The molecule has 1 aliphatic carbocycles. The Morgan fingerprint density at radius 1 is 0.952 bits per heavy atom. The van der Waals surface area contributed by atoms with Crippen LogP contribution in [-0.4, -0.2) is 20.0 Å². The summed E-state index contributed by atoms with van der Waals surface area (Å²) in [7, 11) is -3.47. The van der Waals surface area contributed by atoms with Crippen LogP contribution in [0.4, 0.5) is 0 Å². The fourth-order valence-electron chi connectivity index (χ4n) is 2.84. The van der Waals surface area contributed by atoms with Crippen LogP contribution in [0, 0.1) is 12.8 Å². The molecule has 0 aromatic heterocycles. The maximum absolute atomic E-state index is 12.7. The van der Waals surface area contributed by atoms with E-state index in [1.165, 1.54) is 0 Å². The molecule has 0 bridgehead atoms. The van der Waals surface area contributed by atoms with Crippen molar-refractivity contribution in [3.05, 3.63) is 65.7 Å². The molecule has 3 atom stereocenters. The Bertz CT molecular complexity index is 748. The molecule has 1 saturated carbocycles. The lowest BCUT2D eigenvalue weighted by atomic mass is 10.1. The van der Waals surface area contributed by atoms with Crippen LogP contribution >= 0.6 is 0 Å². The third-order valence-corrected chi connectivity index (χ3v) is 6.31. The smallest absolute Gasteiger partial charge is 0.182 e. The van der Waals surface area contributed by atoms with Crippen LogP contribution in [0.25, 0.3) is 0 Å². The topological polar surface area (TPSA) is 51.2 Å². The number of carbonyl (C=O) groups excluding carboxylic acids is 1. The van der Waals surface area contributed by atoms with E-state index < -0.39 is 21.0 Å². The third-order valence-electron chi connectivity index (χ3n) is 4.06. The van der Waals surface area contributed by atoms with Gasteiger partial charge in [0.15, 0.2) is 9.84 Å². The van der Waals surface area contributed by atoms with Gasteiger partial charge in [-0.1, -0.05) is 48.0 Å². The van der Waals surface area contributed by atoms with Crippen molar-refractivity contribution in [1.82, 2.24) is 0 Å². The van der Waals surface area contributed by atoms with Crippen LogP contribution in [0.2, 0.25) is 0 Å². The zero-order valence-electron chi connectivity index (χ0n) is 11.6. The van der Waals surface area contributed by atoms with Gasteiger partial charge in [-0.2, -0.15) is 0 Å². The second kappa shape index (κ2) is 5.11. The molecule has 0 radical (unpaired) electrons. The maximum atomic E-state index is 12.7. The number of benzene rings is 2. The highest BCUT2D eigenvalue weighted by atomic mass is 32.2. The molecule has 0 heterocycles. The van der Waals surface area contributed by atoms with Gasteiger partial charge in [-0.15, -0.1) is 0 Å². The number of sulfone groups is 1. The molecule has 0 amide bonds. The summed E-state index contributed by atoms with van der Waals surface area (Å²) in [6.07, 6.45) is 0.773. The van der Waals surface area contributed by atoms with Crippen LogP contribution in [0.5, 0.6) is 0 Å². The molecular formula is C17H16O3S. The first kappa shape index (κ1) is 14.0. The van der Waals surface area contributed by atoms with Gasteiger partial charge < -0.3 is 4.79 Å². The molecule has 3 rings (SSSR count). The second-order valence-electron chi connectivity index (χ2n) is 5.47. The highest BCUT2D eigenvalue weighted by Crippen LogP contribution is 2.52. The van der Waals surface area contributed by atoms with Crippen LogP contribution in [0.15, 0.2) is 59.5 Å². The van der Waals surface area contributed by atoms with Gasteiger partial charge in [0, 0.05) is 11.8 Å². The molecule has 0 saturated heterocycles. The minimum atomic E-state index is -3.47. The summed E-state index contributed by atoms with van der Waals surface area (Å²) >= 11 is 0. The summed E-state index contributed by atoms with van der Waals surface area (Å²) < 4.78 is 25.3. The van der Waals surface area contributed by atoms with Gasteiger partial charge in [0.05, 0.1) is 10.1 Å². The van der Waals surface area contributed by atoms with E-state index in [9.17, 15) is 13.2 Å². The highest BCUT2D eigenvalue weighted by molar-refractivity contribution is 7.92. The molecule has 3 nitrogen and oxygen atoms in total. The molecule has 108 valence electrons. The fourth-order valence-corrected chi connectivity index (χ4v) is 4.97. The van der Waals surface area contributed by atoms with Crippen LogP contribution in [0.1, 0.15) is 17.0 Å². The van der Waals surface area contributed by atoms with Crippen LogP contribution in [-0.2, 0) is 14.6 Å². The number of hydrogen-bond acceptors (Lipinski definition) is 3. The van der Waals surface area contributed by atoms with Gasteiger partial charge in [-0.05, 0) is 24.6 Å². The van der Waals surface area contributed by atoms with Crippen molar-refractivity contribution in [1.29, 1.82) is 0 Å². The Hall–Kier alpha value is -1.94. The van der Waals surface area contributed by atoms with Gasteiger partial charge in [0.25, 0.3) is 0 Å². The predicted octanol–water partition coefficient (Wildman–Crippen LogP) is 2.75. The van der Waals surface area contributed by atoms with Gasteiger partial charge >= 0.3 is 0 Å². The van der Waals surface area contributed by atoms with Crippen molar-refractivity contribution in [2.45, 2.75) is 23.0 Å². The Labute approximate surface area is 124 Å². The minimum Gasteiger partial charge on any atom is -0.303 e. The molecule has 21 heavy (non-hydrogen) atoms. The standard InChI is InChI=1S/C17H16O3S/c1-12-7-9-13(10-8-12)16-15(11-18)17(16)21(19,20)14-5-3-2-4-6-14/h2-11,15-17H,1H3/t15-,16-,17-/m0/s1. The molecule has 0 unspecified atom stereocenters. The monoisotopic (exact) mass is 300 g/mol. The van der Waals surface area contributed by atoms with Crippen molar-refractivity contribution in [3.8, 4) is 0 Å². The maximum Gasteiger partial charge on any atom is 0.182 e. The van der Waals surface area contributed by atoms with Gasteiger partial charge in [-0.3, -0.25) is 0 Å². The largest absolute Gasteiger partial charge is 0.303 e. The summed E-state index contributed by atoms with van der Waals surface area (Å²) in [6, 6.07) is 16.1. The number of carbonyl (C=O) groups is 1. The SMILES string of the molecule is Cc1ccc([C@H]2[C@H](C=O)[C@@H]2S(=O)(=O)c2ccccc2)cc1. The molecule has 1 fully saturated rings. The van der Waals surface area contributed by atoms with E-state index in [-0.39, 0.29) is 10.8 Å². The Kier molecular flexibility index (Phi) is 3.41. The molecule has 2 aromatic rings. The lowest BCUT2D eigenvalue weighted by Crippen LogP contribution is -2.10. The minimum absolute atomic E-state index is 0.228. The van der Waals surface area contributed by atoms with Crippen molar-refractivity contribution in [3.63, 3.8) is 0 Å². The average molecular weight is 300 g/mol. The lowest BCUT2D eigenvalue weighted by Gasteiger charge is -2.04. The van der Waals surface area contributed by atoms with E-state index in [2.05, 4.69) is 0 Å². The summed E-state index contributed by atoms with van der Waals surface area (Å²) in [6.45, 7) is 1.98. The summed E-state index contributed by atoms with van der Waals surface area (Å²) in [5.74, 6) is -0.675. The molecule has 0 N–H and O–H groups in total. The van der Waals surface area contributed by atoms with E-state index in [4.69, 9.17) is 0 Å². The van der Waals surface area contributed by atoms with Gasteiger partial charge in [0.2, 0.25) is 0 Å². The van der Waals surface area contributed by atoms with Crippen molar-refractivity contribution < 1.29 is 13.2 Å². The molecule has 0 spiro atoms. The van der Waals surface area contributed by atoms with Gasteiger partial charge in [-0.25, -0.2) is 8.42 Å². The van der Waals surface area contributed by atoms with E-state index in [0.717, 1.165) is 17.4 Å². The first-order chi connectivity index (χ1) is 10.1. The summed E-state index contributed by atoms with van der Waals surface area (Å²) in [5.41, 5.74) is 2.03. The molecular weight excluding hydrogens is 284 g/mol. The number of aryl methyl sites for hydroxylation is 1. The third kappa shape index (κ3) is 2.40. The number of aldehydes is 1. The zero-order valence-corrected chi connectivity index (χ0v) is 12.5. The number of hydrogen-bond donors (Lipinski definition) is 0. The molecule has 0 aliphatic heterocycles. The summed E-state index contributed by atoms with van der Waals surface area (Å²) in [5, 5.41) is -0.639. The van der Waals surface area contributed by atoms with E-state index >= 15 is 0 Å². The van der Waals surface area contributed by atoms with Crippen LogP contribution in [0.3, 0.4) is 0 Å². The normalized spacial score (nSPS) is 24.5. The van der Waals surface area contributed by atoms with Gasteiger partial charge in [0.1, 0.15) is 6.29 Å². The fraction of sp³-hybridized carbons (Fsp3) is 0.235. The zero-order chi connectivity index (χ0) is 15.0.